The van der Waals surface area contributed by atoms with Gasteiger partial charge < -0.3 is 15.3 Å². The van der Waals surface area contributed by atoms with Crippen molar-refractivity contribution in [3.05, 3.63) is 0 Å². The van der Waals surface area contributed by atoms with Gasteiger partial charge in [-0.2, -0.15) is 0 Å². The van der Waals surface area contributed by atoms with Gasteiger partial charge in [0.25, 0.3) is 0 Å². The summed E-state index contributed by atoms with van der Waals surface area (Å²) in [4.78, 5) is 0. The first-order chi connectivity index (χ1) is 5.73. The maximum Gasteiger partial charge on any atom is 0.0877 e. The molecule has 0 aliphatic heterocycles. The smallest absolute Gasteiger partial charge is 0.0877 e. The van der Waals surface area contributed by atoms with Gasteiger partial charge in [-0.25, -0.2) is 0 Å². The summed E-state index contributed by atoms with van der Waals surface area (Å²) >= 11 is 0. The summed E-state index contributed by atoms with van der Waals surface area (Å²) in [7, 11) is 0. The van der Waals surface area contributed by atoms with Crippen LogP contribution < -0.4 is 0 Å². The highest BCUT2D eigenvalue weighted by molar-refractivity contribution is 4.93. The molecule has 0 aromatic carbocycles. The van der Waals surface area contributed by atoms with Crippen LogP contribution in [0.15, 0.2) is 0 Å². The Kier molecular flexibility index (Phi) is 2.72. The molecule has 1 rings (SSSR count). The quantitative estimate of drug-likeness (QED) is 0.567. The SMILES string of the molecule is CC(C)(O)[C@H]1CC[C@@](C)(O)[C@@H](O)C1. The zero-order valence-corrected chi connectivity index (χ0v) is 8.62. The minimum Gasteiger partial charge on any atom is -0.390 e. The van der Waals surface area contributed by atoms with Crippen LogP contribution in [-0.4, -0.2) is 32.6 Å². The van der Waals surface area contributed by atoms with Crippen LogP contribution in [0.2, 0.25) is 0 Å². The number of aliphatic hydroxyl groups excluding tert-OH is 1. The van der Waals surface area contributed by atoms with E-state index in [0.717, 1.165) is 6.42 Å². The van der Waals surface area contributed by atoms with Gasteiger partial charge in [-0.1, -0.05) is 0 Å². The van der Waals surface area contributed by atoms with Crippen molar-refractivity contribution >= 4 is 0 Å². The first-order valence-corrected chi connectivity index (χ1v) is 4.86. The standard InChI is InChI=1S/C10H20O3/c1-9(2,12)7-4-5-10(3,13)8(11)6-7/h7-8,11-13H,4-6H2,1-3H3/t7-,8-,10+/m0/s1. The lowest BCUT2D eigenvalue weighted by Gasteiger charge is -2.42. The highest BCUT2D eigenvalue weighted by Crippen LogP contribution is 2.37. The predicted molar refractivity (Wildman–Crippen MR) is 50.3 cm³/mol. The third kappa shape index (κ3) is 2.42. The Bertz CT molecular complexity index is 181. The van der Waals surface area contributed by atoms with Crippen LogP contribution in [0, 0.1) is 5.92 Å². The number of hydrogen-bond acceptors (Lipinski definition) is 3. The molecule has 13 heavy (non-hydrogen) atoms. The van der Waals surface area contributed by atoms with Crippen molar-refractivity contribution in [2.75, 3.05) is 0 Å². The molecule has 1 saturated carbocycles. The van der Waals surface area contributed by atoms with Crippen LogP contribution in [0.4, 0.5) is 0 Å². The van der Waals surface area contributed by atoms with Crippen LogP contribution in [0.3, 0.4) is 0 Å². The molecule has 3 atom stereocenters. The first kappa shape index (κ1) is 11.0. The summed E-state index contributed by atoms with van der Waals surface area (Å²) in [6, 6.07) is 0. The molecule has 1 aliphatic carbocycles. The minimum absolute atomic E-state index is 0.0859. The second-order valence-corrected chi connectivity index (χ2v) is 5.00. The molecule has 0 bridgehead atoms. The first-order valence-electron chi connectivity index (χ1n) is 4.86. The third-order valence-electron chi connectivity index (χ3n) is 3.22. The maximum atomic E-state index is 9.74. The molecule has 0 amide bonds. The predicted octanol–water partition coefficient (Wildman–Crippen LogP) is 0.669. The number of hydrogen-bond donors (Lipinski definition) is 3. The van der Waals surface area contributed by atoms with E-state index >= 15 is 0 Å². The second-order valence-electron chi connectivity index (χ2n) is 5.00. The molecule has 0 aromatic rings. The van der Waals surface area contributed by atoms with Gasteiger partial charge in [0.1, 0.15) is 0 Å². The van der Waals surface area contributed by atoms with Gasteiger partial charge in [0.15, 0.2) is 0 Å². The van der Waals surface area contributed by atoms with Crippen molar-refractivity contribution in [1.29, 1.82) is 0 Å². The summed E-state index contributed by atoms with van der Waals surface area (Å²) < 4.78 is 0. The van der Waals surface area contributed by atoms with E-state index < -0.39 is 17.3 Å². The monoisotopic (exact) mass is 188 g/mol. The van der Waals surface area contributed by atoms with E-state index in [1.165, 1.54) is 0 Å². The Hall–Kier alpha value is -0.120. The summed E-state index contributed by atoms with van der Waals surface area (Å²) in [5.41, 5.74) is -1.72. The van der Waals surface area contributed by atoms with E-state index in [9.17, 15) is 15.3 Å². The molecule has 1 fully saturated rings. The maximum absolute atomic E-state index is 9.74. The van der Waals surface area contributed by atoms with Gasteiger partial charge in [-0.05, 0) is 46.0 Å². The average molecular weight is 188 g/mol. The second kappa shape index (κ2) is 3.23. The molecule has 3 heteroatoms. The Morgan fingerprint density at radius 1 is 1.38 bits per heavy atom. The van der Waals surface area contributed by atoms with Gasteiger partial charge in [0, 0.05) is 0 Å². The largest absolute Gasteiger partial charge is 0.390 e. The van der Waals surface area contributed by atoms with E-state index in [1.807, 2.05) is 0 Å². The Labute approximate surface area is 79.4 Å². The van der Waals surface area contributed by atoms with E-state index in [2.05, 4.69) is 0 Å². The van der Waals surface area contributed by atoms with Gasteiger partial charge in [0.05, 0.1) is 17.3 Å². The lowest BCUT2D eigenvalue weighted by atomic mass is 9.72. The Morgan fingerprint density at radius 2 is 1.92 bits per heavy atom. The van der Waals surface area contributed by atoms with Crippen LogP contribution in [0.1, 0.15) is 40.0 Å². The third-order valence-corrected chi connectivity index (χ3v) is 3.22. The Balaban J connectivity index is 2.61. The Morgan fingerprint density at radius 3 is 2.31 bits per heavy atom. The molecule has 0 spiro atoms. The van der Waals surface area contributed by atoms with E-state index in [4.69, 9.17) is 0 Å². The highest BCUT2D eigenvalue weighted by Gasteiger charge is 2.41. The van der Waals surface area contributed by atoms with Crippen LogP contribution >= 0.6 is 0 Å². The van der Waals surface area contributed by atoms with Gasteiger partial charge in [0.2, 0.25) is 0 Å². The number of aliphatic hydroxyl groups is 3. The van der Waals surface area contributed by atoms with E-state index in [-0.39, 0.29) is 5.92 Å². The zero-order chi connectivity index (χ0) is 10.3. The molecule has 0 saturated heterocycles. The molecule has 3 N–H and O–H groups in total. The van der Waals surface area contributed by atoms with E-state index in [0.29, 0.717) is 12.8 Å². The molecule has 78 valence electrons. The van der Waals surface area contributed by atoms with Crippen molar-refractivity contribution in [2.24, 2.45) is 5.92 Å². The van der Waals surface area contributed by atoms with Crippen molar-refractivity contribution in [3.63, 3.8) is 0 Å². The van der Waals surface area contributed by atoms with E-state index in [1.54, 1.807) is 20.8 Å². The van der Waals surface area contributed by atoms with Crippen LogP contribution in [0.5, 0.6) is 0 Å². The topological polar surface area (TPSA) is 60.7 Å². The van der Waals surface area contributed by atoms with Crippen LogP contribution in [0.25, 0.3) is 0 Å². The van der Waals surface area contributed by atoms with Gasteiger partial charge >= 0.3 is 0 Å². The van der Waals surface area contributed by atoms with Gasteiger partial charge in [-0.15, -0.1) is 0 Å². The van der Waals surface area contributed by atoms with Crippen molar-refractivity contribution in [1.82, 2.24) is 0 Å². The summed E-state index contributed by atoms with van der Waals surface area (Å²) in [5, 5.41) is 29.0. The fourth-order valence-electron chi connectivity index (χ4n) is 1.92. The summed E-state index contributed by atoms with van der Waals surface area (Å²) in [6.07, 6.45) is 1.10. The molecule has 0 unspecified atom stereocenters. The molecule has 0 aromatic heterocycles. The zero-order valence-electron chi connectivity index (χ0n) is 8.62. The highest BCUT2D eigenvalue weighted by atomic mass is 16.3. The fourth-order valence-corrected chi connectivity index (χ4v) is 1.92. The molecule has 3 nitrogen and oxygen atoms in total. The van der Waals surface area contributed by atoms with Crippen molar-refractivity contribution in [3.8, 4) is 0 Å². The molecular weight excluding hydrogens is 168 g/mol. The van der Waals surface area contributed by atoms with Gasteiger partial charge in [-0.3, -0.25) is 0 Å². The molecule has 1 aliphatic rings. The average Bonchev–Trinajstić information content (AvgIpc) is 1.92. The number of rotatable bonds is 1. The van der Waals surface area contributed by atoms with Crippen molar-refractivity contribution < 1.29 is 15.3 Å². The summed E-state index contributed by atoms with van der Waals surface area (Å²) in [5.74, 6) is 0.0859. The lowest BCUT2D eigenvalue weighted by Crippen LogP contribution is -2.48. The van der Waals surface area contributed by atoms with Crippen molar-refractivity contribution in [2.45, 2.75) is 57.3 Å². The van der Waals surface area contributed by atoms with Crippen LogP contribution in [-0.2, 0) is 0 Å². The normalized spacial score (nSPS) is 42.0. The fraction of sp³-hybridized carbons (Fsp3) is 1.00. The summed E-state index contributed by atoms with van der Waals surface area (Å²) in [6.45, 7) is 5.16. The molecule has 0 radical (unpaired) electrons. The molecule has 0 heterocycles. The molecular formula is C10H20O3. The minimum atomic E-state index is -0.970. The lowest BCUT2D eigenvalue weighted by molar-refractivity contribution is -0.126.